The molecule has 0 amide bonds. The predicted octanol–water partition coefficient (Wildman–Crippen LogP) is 3.48. The second kappa shape index (κ2) is 9.74. The fourth-order valence-corrected chi connectivity index (χ4v) is 7.11. The Morgan fingerprint density at radius 3 is 2.42 bits per heavy atom. The van der Waals surface area contributed by atoms with Gasteiger partial charge in [0.2, 0.25) is 10.0 Å². The fraction of sp³-hybridized carbons (Fsp3) is 0.538. The van der Waals surface area contributed by atoms with Gasteiger partial charge in [-0.05, 0) is 98.7 Å². The maximum absolute atomic E-state index is 12.4. The lowest BCUT2D eigenvalue weighted by molar-refractivity contribution is 0.258. The maximum atomic E-state index is 12.4. The van der Waals surface area contributed by atoms with Crippen molar-refractivity contribution in [1.82, 2.24) is 15.4 Å². The van der Waals surface area contributed by atoms with E-state index in [2.05, 4.69) is 21.4 Å². The van der Waals surface area contributed by atoms with Crippen molar-refractivity contribution >= 4 is 10.0 Å². The lowest BCUT2D eigenvalue weighted by Crippen LogP contribution is -2.43. The van der Waals surface area contributed by atoms with Crippen molar-refractivity contribution in [3.05, 3.63) is 59.7 Å². The van der Waals surface area contributed by atoms with Gasteiger partial charge < -0.3 is 10.4 Å². The highest BCUT2D eigenvalue weighted by Gasteiger charge is 2.38. The Hall–Kier alpha value is -1.93. The van der Waals surface area contributed by atoms with E-state index >= 15 is 0 Å². The van der Waals surface area contributed by atoms with E-state index in [-0.39, 0.29) is 0 Å². The number of sulfonamides is 1. The van der Waals surface area contributed by atoms with E-state index in [0.29, 0.717) is 47.2 Å². The zero-order valence-electron chi connectivity index (χ0n) is 19.0. The number of aromatic hydroxyl groups is 1. The van der Waals surface area contributed by atoms with Crippen LogP contribution in [0.25, 0.3) is 0 Å². The molecule has 1 saturated heterocycles. The minimum Gasteiger partial charge on any atom is -0.508 e. The molecular weight excluding hydrogens is 434 g/mol. The highest BCUT2D eigenvalue weighted by Crippen LogP contribution is 2.40. The minimum absolute atomic E-state index is 0.340. The Balaban J connectivity index is 1.05. The molecule has 2 aromatic carbocycles. The number of phenols is 1. The molecule has 33 heavy (non-hydrogen) atoms. The van der Waals surface area contributed by atoms with Gasteiger partial charge in [-0.2, -0.15) is 0 Å². The van der Waals surface area contributed by atoms with Crippen LogP contribution >= 0.6 is 0 Å². The minimum atomic E-state index is -3.41. The molecule has 0 radical (unpaired) electrons. The van der Waals surface area contributed by atoms with Crippen molar-refractivity contribution in [3.8, 4) is 5.75 Å². The Kier molecular flexibility index (Phi) is 6.74. The molecule has 7 heteroatoms. The first kappa shape index (κ1) is 22.8. The second-order valence-corrected chi connectivity index (χ2v) is 11.8. The van der Waals surface area contributed by atoms with Crippen LogP contribution in [-0.2, 0) is 16.4 Å². The highest BCUT2D eigenvalue weighted by atomic mass is 32.2. The smallest absolute Gasteiger partial charge is 0.240 e. The lowest BCUT2D eigenvalue weighted by Gasteiger charge is -2.29. The Morgan fingerprint density at radius 2 is 1.67 bits per heavy atom. The summed E-state index contributed by atoms with van der Waals surface area (Å²) in [4.78, 5) is 0.340. The first-order chi connectivity index (χ1) is 16.0. The van der Waals surface area contributed by atoms with Gasteiger partial charge in [-0.25, -0.2) is 13.1 Å². The zero-order valence-corrected chi connectivity index (χ0v) is 19.9. The number of nitrogens with one attached hydrogen (secondary N) is 3. The molecule has 178 valence electrons. The summed E-state index contributed by atoms with van der Waals surface area (Å²) in [6.45, 7) is 1.54. The van der Waals surface area contributed by atoms with Crippen molar-refractivity contribution in [2.24, 2.45) is 11.8 Å². The number of fused-ring (bicyclic) bond motifs is 3. The topological polar surface area (TPSA) is 90.5 Å². The van der Waals surface area contributed by atoms with Crippen LogP contribution in [0.5, 0.6) is 5.75 Å². The molecule has 4 N–H and O–H groups in total. The van der Waals surface area contributed by atoms with Crippen LogP contribution in [0, 0.1) is 11.8 Å². The summed E-state index contributed by atoms with van der Waals surface area (Å²) >= 11 is 0. The van der Waals surface area contributed by atoms with E-state index in [1.807, 2.05) is 18.2 Å². The molecule has 1 saturated carbocycles. The standard InChI is InChI=1S/C26H35N3O3S/c30-21-11-12-23-20(14-21)10-13-25-24(23)15-26(29-25)27-16-18-6-8-19(9-7-18)17-28-33(31,32)22-4-2-1-3-5-22/h1-5,11-12,14,18-19,24-30H,6-10,13,15-17H2. The van der Waals surface area contributed by atoms with Crippen LogP contribution in [0.4, 0.5) is 0 Å². The monoisotopic (exact) mass is 469 g/mol. The molecule has 2 aliphatic carbocycles. The van der Waals surface area contributed by atoms with Crippen LogP contribution in [0.1, 0.15) is 55.6 Å². The van der Waals surface area contributed by atoms with Crippen molar-refractivity contribution in [1.29, 1.82) is 0 Å². The van der Waals surface area contributed by atoms with Crippen LogP contribution in [-0.4, -0.2) is 38.8 Å². The predicted molar refractivity (Wildman–Crippen MR) is 130 cm³/mol. The van der Waals surface area contributed by atoms with Crippen molar-refractivity contribution < 1.29 is 13.5 Å². The number of hydrogen-bond donors (Lipinski definition) is 4. The molecule has 5 rings (SSSR count). The van der Waals surface area contributed by atoms with Crippen LogP contribution < -0.4 is 15.4 Å². The normalized spacial score (nSPS) is 29.4. The molecular formula is C26H35N3O3S. The average molecular weight is 470 g/mol. The third-order valence-corrected chi connectivity index (χ3v) is 9.32. The van der Waals surface area contributed by atoms with Crippen LogP contribution in [0.2, 0.25) is 0 Å². The summed E-state index contributed by atoms with van der Waals surface area (Å²) in [7, 11) is -3.41. The number of phenolic OH excluding ortho intramolecular Hbond substituents is 1. The molecule has 3 unspecified atom stereocenters. The highest BCUT2D eigenvalue weighted by molar-refractivity contribution is 7.89. The van der Waals surface area contributed by atoms with Gasteiger partial charge in [0.25, 0.3) is 0 Å². The fourth-order valence-electron chi connectivity index (χ4n) is 5.97. The summed E-state index contributed by atoms with van der Waals surface area (Å²) in [6, 6.07) is 15.0. The van der Waals surface area contributed by atoms with E-state index in [9.17, 15) is 13.5 Å². The summed E-state index contributed by atoms with van der Waals surface area (Å²) < 4.78 is 27.7. The first-order valence-electron chi connectivity index (χ1n) is 12.3. The van der Waals surface area contributed by atoms with Gasteiger partial charge in [0, 0.05) is 18.5 Å². The molecule has 0 aromatic heterocycles. The van der Waals surface area contributed by atoms with Crippen LogP contribution in [0.15, 0.2) is 53.4 Å². The van der Waals surface area contributed by atoms with Crippen LogP contribution in [0.3, 0.4) is 0 Å². The van der Waals surface area contributed by atoms with E-state index in [0.717, 1.165) is 51.5 Å². The third kappa shape index (κ3) is 5.27. The van der Waals surface area contributed by atoms with Crippen molar-refractivity contribution in [3.63, 3.8) is 0 Å². The Morgan fingerprint density at radius 1 is 0.939 bits per heavy atom. The number of hydrogen-bond acceptors (Lipinski definition) is 5. The summed E-state index contributed by atoms with van der Waals surface area (Å²) in [5.74, 6) is 1.97. The van der Waals surface area contributed by atoms with E-state index in [1.165, 1.54) is 11.1 Å². The average Bonchev–Trinajstić information content (AvgIpc) is 3.26. The van der Waals surface area contributed by atoms with Gasteiger partial charge in [0.05, 0.1) is 11.1 Å². The number of rotatable bonds is 7. The van der Waals surface area contributed by atoms with Gasteiger partial charge in [-0.3, -0.25) is 5.32 Å². The molecule has 6 nitrogen and oxygen atoms in total. The van der Waals surface area contributed by atoms with Crippen molar-refractivity contribution in [2.45, 2.75) is 68.0 Å². The largest absolute Gasteiger partial charge is 0.508 e. The molecule has 0 spiro atoms. The van der Waals surface area contributed by atoms with Gasteiger partial charge in [-0.1, -0.05) is 24.3 Å². The SMILES string of the molecule is O=S(=O)(NCC1CCC(CNC2CC3c4ccc(O)cc4CCC3N2)CC1)c1ccccc1. The molecule has 1 aliphatic heterocycles. The van der Waals surface area contributed by atoms with Gasteiger partial charge in [0.1, 0.15) is 5.75 Å². The molecule has 2 aromatic rings. The second-order valence-electron chi connectivity index (χ2n) is 10.0. The molecule has 3 atom stereocenters. The molecule has 0 bridgehead atoms. The van der Waals surface area contributed by atoms with Gasteiger partial charge in [0.15, 0.2) is 0 Å². The summed E-state index contributed by atoms with van der Waals surface area (Å²) in [5.41, 5.74) is 2.71. The Labute approximate surface area is 197 Å². The first-order valence-corrected chi connectivity index (χ1v) is 13.8. The number of aryl methyl sites for hydroxylation is 1. The third-order valence-electron chi connectivity index (χ3n) is 7.88. The molecule has 3 aliphatic rings. The zero-order chi connectivity index (χ0) is 22.8. The van der Waals surface area contributed by atoms with E-state index in [4.69, 9.17) is 0 Å². The Bertz CT molecular complexity index is 1050. The van der Waals surface area contributed by atoms with E-state index < -0.39 is 10.0 Å². The van der Waals surface area contributed by atoms with Gasteiger partial charge >= 0.3 is 0 Å². The van der Waals surface area contributed by atoms with Gasteiger partial charge in [-0.15, -0.1) is 0 Å². The molecule has 2 fully saturated rings. The quantitative estimate of drug-likeness (QED) is 0.498. The molecule has 1 heterocycles. The summed E-state index contributed by atoms with van der Waals surface area (Å²) in [6.07, 6.45) is 8.03. The summed E-state index contributed by atoms with van der Waals surface area (Å²) in [5, 5.41) is 17.4. The van der Waals surface area contributed by atoms with Crippen molar-refractivity contribution in [2.75, 3.05) is 13.1 Å². The number of benzene rings is 2. The lowest BCUT2D eigenvalue weighted by atomic mass is 9.79. The maximum Gasteiger partial charge on any atom is 0.240 e. The van der Waals surface area contributed by atoms with E-state index in [1.54, 1.807) is 24.3 Å².